The summed E-state index contributed by atoms with van der Waals surface area (Å²) in [5.74, 6) is -0.243. The first kappa shape index (κ1) is 6.34. The van der Waals surface area contributed by atoms with Crippen LogP contribution in [0.4, 0.5) is 4.39 Å². The van der Waals surface area contributed by atoms with Gasteiger partial charge in [-0.15, -0.1) is 0 Å². The van der Waals surface area contributed by atoms with Crippen LogP contribution in [-0.4, -0.2) is 9.97 Å². The van der Waals surface area contributed by atoms with E-state index >= 15 is 0 Å². The van der Waals surface area contributed by atoms with Crippen molar-refractivity contribution in [2.75, 3.05) is 0 Å². The van der Waals surface area contributed by atoms with Gasteiger partial charge in [0.25, 0.3) is 0 Å². The molecule has 0 radical (unpaired) electrons. The maximum Gasteiger partial charge on any atom is 0.150 e. The molecule has 0 spiro atoms. The zero-order valence-electron chi connectivity index (χ0n) is 6.06. The van der Waals surface area contributed by atoms with E-state index in [9.17, 15) is 4.39 Å². The molecule has 2 rings (SSSR count). The Morgan fingerprint density at radius 3 is 3.09 bits per heavy atom. The smallest absolute Gasteiger partial charge is 0.150 e. The number of halogens is 1. The molecule has 0 fully saturated rings. The Labute approximate surface area is 63.1 Å². The lowest BCUT2D eigenvalue weighted by atomic mass is 10.3. The number of H-pyrrole nitrogens is 1. The fraction of sp³-hybridized carbons (Fsp3) is 0.125. The minimum atomic E-state index is -0.243. The molecule has 0 aromatic carbocycles. The van der Waals surface area contributed by atoms with Gasteiger partial charge in [0.15, 0.2) is 0 Å². The molecular weight excluding hydrogens is 143 g/mol. The van der Waals surface area contributed by atoms with Gasteiger partial charge in [0.1, 0.15) is 11.5 Å². The molecule has 2 heterocycles. The van der Waals surface area contributed by atoms with Crippen molar-refractivity contribution in [3.05, 3.63) is 29.8 Å². The van der Waals surface area contributed by atoms with Gasteiger partial charge in [0, 0.05) is 11.9 Å². The molecule has 2 aromatic rings. The molecule has 1 N–H and O–H groups in total. The minimum Gasteiger partial charge on any atom is -0.343 e. The SMILES string of the molecule is Cc1ccc2c(F)c[nH]c2n1. The Hall–Kier alpha value is -1.38. The van der Waals surface area contributed by atoms with E-state index in [2.05, 4.69) is 9.97 Å². The summed E-state index contributed by atoms with van der Waals surface area (Å²) in [5.41, 5.74) is 1.50. The molecule has 0 aliphatic rings. The standard InChI is InChI=1S/C8H7FN2/c1-5-2-3-6-7(9)4-10-8(6)11-5/h2-4H,1H3,(H,10,11). The topological polar surface area (TPSA) is 28.7 Å². The van der Waals surface area contributed by atoms with E-state index in [1.807, 2.05) is 6.92 Å². The largest absolute Gasteiger partial charge is 0.343 e. The summed E-state index contributed by atoms with van der Waals surface area (Å²) in [6, 6.07) is 3.52. The summed E-state index contributed by atoms with van der Waals surface area (Å²) in [4.78, 5) is 6.84. The third kappa shape index (κ3) is 0.888. The molecule has 2 aromatic heterocycles. The Balaban J connectivity index is 2.86. The molecular formula is C8H7FN2. The average Bonchev–Trinajstić information content (AvgIpc) is 2.32. The minimum absolute atomic E-state index is 0.243. The summed E-state index contributed by atoms with van der Waals surface area (Å²) in [5, 5.41) is 0.551. The van der Waals surface area contributed by atoms with Crippen LogP contribution < -0.4 is 0 Å². The van der Waals surface area contributed by atoms with Crippen LogP contribution in [0.3, 0.4) is 0 Å². The maximum absolute atomic E-state index is 12.8. The second-order valence-electron chi connectivity index (χ2n) is 2.49. The second-order valence-corrected chi connectivity index (χ2v) is 2.49. The lowest BCUT2D eigenvalue weighted by molar-refractivity contribution is 0.639. The first-order valence-corrected chi connectivity index (χ1v) is 3.37. The molecule has 0 aliphatic carbocycles. The first-order valence-electron chi connectivity index (χ1n) is 3.37. The average molecular weight is 150 g/mol. The Bertz CT molecular complexity index is 392. The Kier molecular flexibility index (Phi) is 1.18. The molecule has 0 unspecified atom stereocenters. The van der Waals surface area contributed by atoms with Crippen molar-refractivity contribution >= 4 is 11.0 Å². The zero-order chi connectivity index (χ0) is 7.84. The highest BCUT2D eigenvalue weighted by Crippen LogP contribution is 2.14. The number of fused-ring (bicyclic) bond motifs is 1. The van der Waals surface area contributed by atoms with Crippen LogP contribution in [0, 0.1) is 12.7 Å². The maximum atomic E-state index is 12.8. The van der Waals surface area contributed by atoms with Crippen molar-refractivity contribution in [2.24, 2.45) is 0 Å². The van der Waals surface area contributed by atoms with E-state index in [-0.39, 0.29) is 5.82 Å². The summed E-state index contributed by atoms with van der Waals surface area (Å²) >= 11 is 0. The van der Waals surface area contributed by atoms with E-state index < -0.39 is 0 Å². The van der Waals surface area contributed by atoms with Gasteiger partial charge in [-0.25, -0.2) is 9.37 Å². The van der Waals surface area contributed by atoms with E-state index in [1.54, 1.807) is 12.1 Å². The highest BCUT2D eigenvalue weighted by Gasteiger charge is 2.01. The third-order valence-corrected chi connectivity index (χ3v) is 1.63. The zero-order valence-corrected chi connectivity index (χ0v) is 6.06. The molecule has 56 valence electrons. The molecule has 0 amide bonds. The second kappa shape index (κ2) is 2.05. The number of aromatic amines is 1. The summed E-state index contributed by atoms with van der Waals surface area (Å²) in [7, 11) is 0. The molecule has 0 saturated carbocycles. The van der Waals surface area contributed by atoms with Gasteiger partial charge >= 0.3 is 0 Å². The fourth-order valence-corrected chi connectivity index (χ4v) is 1.07. The summed E-state index contributed by atoms with van der Waals surface area (Å²) in [6.45, 7) is 1.87. The van der Waals surface area contributed by atoms with Gasteiger partial charge in [-0.1, -0.05) is 0 Å². The lowest BCUT2D eigenvalue weighted by Gasteiger charge is -1.90. The van der Waals surface area contributed by atoms with E-state index in [0.29, 0.717) is 11.0 Å². The number of aryl methyl sites for hydroxylation is 1. The van der Waals surface area contributed by atoms with Crippen LogP contribution in [0.15, 0.2) is 18.3 Å². The Morgan fingerprint density at radius 1 is 1.45 bits per heavy atom. The number of pyridine rings is 1. The van der Waals surface area contributed by atoms with Gasteiger partial charge in [-0.05, 0) is 19.1 Å². The van der Waals surface area contributed by atoms with Gasteiger partial charge in [-0.3, -0.25) is 0 Å². The van der Waals surface area contributed by atoms with E-state index in [1.165, 1.54) is 6.20 Å². The molecule has 0 saturated heterocycles. The number of nitrogens with one attached hydrogen (secondary N) is 1. The van der Waals surface area contributed by atoms with Crippen LogP contribution in [0.25, 0.3) is 11.0 Å². The molecule has 0 bridgehead atoms. The predicted molar refractivity (Wildman–Crippen MR) is 40.8 cm³/mol. The highest BCUT2D eigenvalue weighted by atomic mass is 19.1. The van der Waals surface area contributed by atoms with Crippen LogP contribution >= 0.6 is 0 Å². The molecule has 2 nitrogen and oxygen atoms in total. The van der Waals surface area contributed by atoms with E-state index in [4.69, 9.17) is 0 Å². The number of aromatic nitrogens is 2. The summed E-state index contributed by atoms with van der Waals surface area (Å²) in [6.07, 6.45) is 1.32. The monoisotopic (exact) mass is 150 g/mol. The third-order valence-electron chi connectivity index (χ3n) is 1.63. The van der Waals surface area contributed by atoms with Gasteiger partial charge in [-0.2, -0.15) is 0 Å². The molecule has 0 atom stereocenters. The number of nitrogens with zero attached hydrogens (tertiary/aromatic N) is 1. The van der Waals surface area contributed by atoms with Crippen LogP contribution in [0.2, 0.25) is 0 Å². The Morgan fingerprint density at radius 2 is 2.27 bits per heavy atom. The van der Waals surface area contributed by atoms with Crippen molar-refractivity contribution in [1.29, 1.82) is 0 Å². The van der Waals surface area contributed by atoms with E-state index in [0.717, 1.165) is 5.69 Å². The van der Waals surface area contributed by atoms with Crippen molar-refractivity contribution in [2.45, 2.75) is 6.92 Å². The lowest BCUT2D eigenvalue weighted by Crippen LogP contribution is -1.80. The quantitative estimate of drug-likeness (QED) is 0.611. The van der Waals surface area contributed by atoms with Gasteiger partial charge in [0.2, 0.25) is 0 Å². The van der Waals surface area contributed by atoms with Gasteiger partial charge < -0.3 is 4.98 Å². The van der Waals surface area contributed by atoms with Crippen LogP contribution in [0.5, 0.6) is 0 Å². The normalized spacial score (nSPS) is 10.7. The predicted octanol–water partition coefficient (Wildman–Crippen LogP) is 2.01. The van der Waals surface area contributed by atoms with Crippen molar-refractivity contribution in [3.8, 4) is 0 Å². The number of hydrogen-bond donors (Lipinski definition) is 1. The van der Waals surface area contributed by atoms with Crippen LogP contribution in [-0.2, 0) is 0 Å². The summed E-state index contributed by atoms with van der Waals surface area (Å²) < 4.78 is 12.8. The molecule has 0 aliphatic heterocycles. The first-order chi connectivity index (χ1) is 5.27. The fourth-order valence-electron chi connectivity index (χ4n) is 1.07. The van der Waals surface area contributed by atoms with Crippen molar-refractivity contribution in [3.63, 3.8) is 0 Å². The highest BCUT2D eigenvalue weighted by molar-refractivity contribution is 5.76. The van der Waals surface area contributed by atoms with Crippen LogP contribution in [0.1, 0.15) is 5.69 Å². The number of rotatable bonds is 0. The molecule has 11 heavy (non-hydrogen) atoms. The molecule has 3 heteroatoms. The number of hydrogen-bond acceptors (Lipinski definition) is 1. The van der Waals surface area contributed by atoms with Gasteiger partial charge in [0.05, 0.1) is 5.39 Å². The van der Waals surface area contributed by atoms with Crippen molar-refractivity contribution in [1.82, 2.24) is 9.97 Å². The van der Waals surface area contributed by atoms with Crippen molar-refractivity contribution < 1.29 is 4.39 Å².